The number of ether oxygens (including phenoxy) is 1. The van der Waals surface area contributed by atoms with Crippen LogP contribution in [-0.2, 0) is 0 Å². The highest BCUT2D eigenvalue weighted by Gasteiger charge is 2.12. The molecule has 3 aromatic rings. The highest BCUT2D eigenvalue weighted by atomic mass is 35.5. The van der Waals surface area contributed by atoms with Crippen LogP contribution in [0.5, 0.6) is 5.75 Å². The largest absolute Gasteiger partial charge is 0.478 e. The maximum absolute atomic E-state index is 13.3. The van der Waals surface area contributed by atoms with Crippen LogP contribution in [0.15, 0.2) is 30.3 Å². The third-order valence-electron chi connectivity index (χ3n) is 3.45. The van der Waals surface area contributed by atoms with Gasteiger partial charge in [0.25, 0.3) is 0 Å². The Kier molecular flexibility index (Phi) is 5.14. The van der Waals surface area contributed by atoms with Gasteiger partial charge in [-0.2, -0.15) is 5.26 Å². The van der Waals surface area contributed by atoms with E-state index >= 15 is 0 Å². The van der Waals surface area contributed by atoms with E-state index in [0.29, 0.717) is 22.4 Å². The van der Waals surface area contributed by atoms with Gasteiger partial charge in [-0.3, -0.25) is 0 Å². The van der Waals surface area contributed by atoms with Gasteiger partial charge in [-0.25, -0.2) is 9.37 Å². The molecule has 0 radical (unpaired) electrons. The second-order valence-electron chi connectivity index (χ2n) is 5.22. The van der Waals surface area contributed by atoms with Gasteiger partial charge < -0.3 is 9.72 Å². The molecule has 0 saturated carbocycles. The summed E-state index contributed by atoms with van der Waals surface area (Å²) in [7, 11) is 0. The average Bonchev–Trinajstić information content (AvgIpc) is 3.01. The van der Waals surface area contributed by atoms with Crippen molar-refractivity contribution >= 4 is 45.9 Å². The van der Waals surface area contributed by atoms with Crippen molar-refractivity contribution in [3.8, 4) is 24.2 Å². The molecule has 0 amide bonds. The fourth-order valence-electron chi connectivity index (χ4n) is 2.34. The van der Waals surface area contributed by atoms with Gasteiger partial charge in [-0.05, 0) is 42.0 Å². The summed E-state index contributed by atoms with van der Waals surface area (Å²) in [6, 6.07) is 9.40. The third-order valence-corrected chi connectivity index (χ3v) is 4.01. The van der Waals surface area contributed by atoms with E-state index in [1.54, 1.807) is 18.2 Å². The van der Waals surface area contributed by atoms with E-state index in [4.69, 9.17) is 34.4 Å². The molecule has 1 heterocycles. The molecule has 0 atom stereocenters. The molecule has 0 saturated heterocycles. The lowest BCUT2D eigenvalue weighted by Crippen LogP contribution is -1.95. The number of hydrogen-bond donors (Lipinski definition) is 1. The number of fused-ring (bicyclic) bond motifs is 1. The van der Waals surface area contributed by atoms with Crippen molar-refractivity contribution in [1.29, 1.82) is 5.26 Å². The van der Waals surface area contributed by atoms with Gasteiger partial charge in [0, 0.05) is 0 Å². The zero-order chi connectivity index (χ0) is 18.7. The SMILES string of the molecule is C#CCOc1c(Cl)cc(/C=C(/C#N)c2nc3ccc(F)cc3[nH]2)cc1Cl. The fraction of sp³-hybridized carbons (Fsp3) is 0.0526. The Labute approximate surface area is 158 Å². The van der Waals surface area contributed by atoms with Crippen molar-refractivity contribution in [3.05, 3.63) is 57.6 Å². The Hall–Kier alpha value is -2.99. The summed E-state index contributed by atoms with van der Waals surface area (Å²) < 4.78 is 18.6. The second kappa shape index (κ2) is 7.49. The first-order chi connectivity index (χ1) is 12.5. The molecule has 0 unspecified atom stereocenters. The number of hydrogen-bond acceptors (Lipinski definition) is 3. The van der Waals surface area contributed by atoms with Crippen molar-refractivity contribution in [3.63, 3.8) is 0 Å². The summed E-state index contributed by atoms with van der Waals surface area (Å²) in [4.78, 5) is 7.22. The minimum atomic E-state index is -0.392. The molecule has 0 aliphatic heterocycles. The van der Waals surface area contributed by atoms with Crippen molar-refractivity contribution in [2.24, 2.45) is 0 Å². The molecule has 0 fully saturated rings. The maximum Gasteiger partial charge on any atom is 0.157 e. The molecule has 0 bridgehead atoms. The lowest BCUT2D eigenvalue weighted by atomic mass is 10.1. The first-order valence-corrected chi connectivity index (χ1v) is 8.10. The lowest BCUT2D eigenvalue weighted by Gasteiger charge is -2.08. The number of nitrogens with one attached hydrogen (secondary N) is 1. The van der Waals surface area contributed by atoms with E-state index in [1.165, 1.54) is 18.2 Å². The van der Waals surface area contributed by atoms with E-state index < -0.39 is 5.82 Å². The summed E-state index contributed by atoms with van der Waals surface area (Å²) >= 11 is 12.3. The van der Waals surface area contributed by atoms with Crippen LogP contribution in [0, 0.1) is 29.5 Å². The highest BCUT2D eigenvalue weighted by molar-refractivity contribution is 6.37. The van der Waals surface area contributed by atoms with Crippen LogP contribution < -0.4 is 4.74 Å². The van der Waals surface area contributed by atoms with Crippen LogP contribution in [0.3, 0.4) is 0 Å². The van der Waals surface area contributed by atoms with E-state index in [0.717, 1.165) is 0 Å². The molecule has 3 rings (SSSR count). The zero-order valence-electron chi connectivity index (χ0n) is 13.2. The predicted molar refractivity (Wildman–Crippen MR) is 100 cm³/mol. The summed E-state index contributed by atoms with van der Waals surface area (Å²) in [6.07, 6.45) is 6.72. The van der Waals surface area contributed by atoms with E-state index in [2.05, 4.69) is 22.0 Å². The van der Waals surface area contributed by atoms with Gasteiger partial charge >= 0.3 is 0 Å². The second-order valence-corrected chi connectivity index (χ2v) is 6.04. The van der Waals surface area contributed by atoms with Crippen LogP contribution in [0.4, 0.5) is 4.39 Å². The number of H-pyrrole nitrogens is 1. The number of halogens is 3. The van der Waals surface area contributed by atoms with Gasteiger partial charge in [0.05, 0.1) is 26.7 Å². The molecule has 1 N–H and O–H groups in total. The first-order valence-electron chi connectivity index (χ1n) is 7.34. The zero-order valence-corrected chi connectivity index (χ0v) is 14.7. The van der Waals surface area contributed by atoms with E-state index in [9.17, 15) is 9.65 Å². The molecule has 2 aromatic carbocycles. The Bertz CT molecular complexity index is 1080. The molecule has 4 nitrogen and oxygen atoms in total. The number of aromatic nitrogens is 2. The van der Waals surface area contributed by atoms with Crippen LogP contribution in [0.25, 0.3) is 22.7 Å². The summed E-state index contributed by atoms with van der Waals surface area (Å²) in [5.41, 5.74) is 1.87. The summed E-state index contributed by atoms with van der Waals surface area (Å²) in [5.74, 6) is 2.53. The lowest BCUT2D eigenvalue weighted by molar-refractivity contribution is 0.371. The van der Waals surface area contributed by atoms with Crippen molar-refractivity contribution in [1.82, 2.24) is 9.97 Å². The minimum absolute atomic E-state index is 0.0353. The van der Waals surface area contributed by atoms with Crippen LogP contribution in [0.2, 0.25) is 10.0 Å². The molecule has 128 valence electrons. The molecule has 0 aliphatic carbocycles. The molecule has 1 aromatic heterocycles. The quantitative estimate of drug-likeness (QED) is 0.502. The summed E-state index contributed by atoms with van der Waals surface area (Å²) in [5, 5.41) is 10.00. The Morgan fingerprint density at radius 2 is 2.04 bits per heavy atom. The first kappa shape index (κ1) is 17.8. The van der Waals surface area contributed by atoms with Gasteiger partial charge in [-0.1, -0.05) is 29.1 Å². The predicted octanol–water partition coefficient (Wildman–Crippen LogP) is 5.08. The number of nitriles is 1. The van der Waals surface area contributed by atoms with E-state index in [1.807, 2.05) is 0 Å². The number of allylic oxidation sites excluding steroid dienone is 1. The van der Waals surface area contributed by atoms with Crippen LogP contribution in [0.1, 0.15) is 11.4 Å². The van der Waals surface area contributed by atoms with Crippen molar-refractivity contribution < 1.29 is 9.13 Å². The molecule has 26 heavy (non-hydrogen) atoms. The third kappa shape index (κ3) is 3.65. The Morgan fingerprint density at radius 1 is 1.31 bits per heavy atom. The minimum Gasteiger partial charge on any atom is -0.478 e. The number of nitrogens with zero attached hydrogens (tertiary/aromatic N) is 2. The smallest absolute Gasteiger partial charge is 0.157 e. The van der Waals surface area contributed by atoms with Crippen LogP contribution in [-0.4, -0.2) is 16.6 Å². The fourth-order valence-corrected chi connectivity index (χ4v) is 2.96. The monoisotopic (exact) mass is 385 g/mol. The normalized spacial score (nSPS) is 11.2. The molecule has 0 aliphatic rings. The van der Waals surface area contributed by atoms with Gasteiger partial charge in [0.1, 0.15) is 24.3 Å². The number of aromatic amines is 1. The van der Waals surface area contributed by atoms with Crippen molar-refractivity contribution in [2.75, 3.05) is 6.61 Å². The van der Waals surface area contributed by atoms with Gasteiger partial charge in [0.2, 0.25) is 0 Å². The highest BCUT2D eigenvalue weighted by Crippen LogP contribution is 2.35. The topological polar surface area (TPSA) is 61.7 Å². The number of imidazole rings is 1. The standard InChI is InChI=1S/C19H10Cl2FN3O/c1-2-5-26-18-14(20)7-11(8-15(18)21)6-12(10-23)19-24-16-4-3-13(22)9-17(16)25-19/h1,3-4,6-9H,5H2,(H,24,25)/b12-6-. The molecular formula is C19H10Cl2FN3O. The van der Waals surface area contributed by atoms with Gasteiger partial charge in [0.15, 0.2) is 5.75 Å². The van der Waals surface area contributed by atoms with Gasteiger partial charge in [-0.15, -0.1) is 6.42 Å². The number of rotatable bonds is 4. The van der Waals surface area contributed by atoms with Crippen molar-refractivity contribution in [2.45, 2.75) is 0 Å². The number of terminal acetylenes is 1. The Morgan fingerprint density at radius 3 is 2.69 bits per heavy atom. The van der Waals surface area contributed by atoms with Crippen LogP contribution >= 0.6 is 23.2 Å². The maximum atomic E-state index is 13.3. The number of benzene rings is 2. The molecular weight excluding hydrogens is 376 g/mol. The summed E-state index contributed by atoms with van der Waals surface area (Å²) in [6.45, 7) is 0.0353. The van der Waals surface area contributed by atoms with E-state index in [-0.39, 0.29) is 28.0 Å². The Balaban J connectivity index is 2.01. The average molecular weight is 386 g/mol. The molecule has 0 spiro atoms. The molecule has 7 heteroatoms.